The van der Waals surface area contributed by atoms with Crippen LogP contribution in [0.15, 0.2) is 71.3 Å². The van der Waals surface area contributed by atoms with Crippen LogP contribution < -0.4 is 0 Å². The first-order chi connectivity index (χ1) is 13.4. The van der Waals surface area contributed by atoms with Crippen molar-refractivity contribution in [2.45, 2.75) is 17.9 Å². The lowest BCUT2D eigenvalue weighted by atomic mass is 10.0. The molecule has 0 unspecified atom stereocenters. The standard InChI is InChI=1S/C22H21NO4S/c1-16-4-6-17(7-5-16)18-8-10-19(11-9-18)22(24)23-13-21(14-23)28(25,26)15-20-3-2-12-27-20/h2-12,21H,13-15H2,1H3. The Labute approximate surface area is 164 Å². The molecule has 1 aromatic heterocycles. The zero-order valence-corrected chi connectivity index (χ0v) is 16.4. The van der Waals surface area contributed by atoms with Gasteiger partial charge in [-0.15, -0.1) is 0 Å². The fourth-order valence-electron chi connectivity index (χ4n) is 3.28. The molecule has 0 aliphatic carbocycles. The number of aryl methyl sites for hydroxylation is 1. The van der Waals surface area contributed by atoms with E-state index in [0.29, 0.717) is 11.3 Å². The molecular weight excluding hydrogens is 374 g/mol. The predicted octanol–water partition coefficient (Wildman–Crippen LogP) is 3.69. The molecular formula is C22H21NO4S. The minimum Gasteiger partial charge on any atom is -0.468 e. The average Bonchev–Trinajstić information content (AvgIpc) is 3.13. The first kappa shape index (κ1) is 18.5. The third-order valence-corrected chi connectivity index (χ3v) is 7.08. The summed E-state index contributed by atoms with van der Waals surface area (Å²) >= 11 is 0. The van der Waals surface area contributed by atoms with Gasteiger partial charge in [0.05, 0.1) is 11.5 Å². The Bertz CT molecular complexity index is 1060. The van der Waals surface area contributed by atoms with E-state index in [1.54, 1.807) is 29.2 Å². The van der Waals surface area contributed by atoms with Crippen LogP contribution in [0.4, 0.5) is 0 Å². The van der Waals surface area contributed by atoms with E-state index >= 15 is 0 Å². The molecule has 0 N–H and O–H groups in total. The van der Waals surface area contributed by atoms with Gasteiger partial charge in [0.1, 0.15) is 11.5 Å². The number of likely N-dealkylation sites (tertiary alicyclic amines) is 1. The van der Waals surface area contributed by atoms with Crippen molar-refractivity contribution in [3.05, 3.63) is 83.8 Å². The lowest BCUT2D eigenvalue weighted by Gasteiger charge is -2.38. The van der Waals surface area contributed by atoms with E-state index in [-0.39, 0.29) is 24.7 Å². The topological polar surface area (TPSA) is 67.6 Å². The fourth-order valence-corrected chi connectivity index (χ4v) is 4.89. The molecule has 3 aromatic rings. The molecule has 1 fully saturated rings. The van der Waals surface area contributed by atoms with Crippen LogP contribution in [0.1, 0.15) is 21.7 Å². The van der Waals surface area contributed by atoms with E-state index in [1.165, 1.54) is 11.8 Å². The molecule has 1 aliphatic rings. The highest BCUT2D eigenvalue weighted by atomic mass is 32.2. The first-order valence-electron chi connectivity index (χ1n) is 9.13. The number of rotatable bonds is 5. The Hall–Kier alpha value is -2.86. The van der Waals surface area contributed by atoms with Gasteiger partial charge in [-0.2, -0.15) is 0 Å². The molecule has 0 bridgehead atoms. The molecule has 28 heavy (non-hydrogen) atoms. The van der Waals surface area contributed by atoms with E-state index in [4.69, 9.17) is 4.42 Å². The number of sulfone groups is 1. The molecule has 0 radical (unpaired) electrons. The monoisotopic (exact) mass is 395 g/mol. The maximum absolute atomic E-state index is 12.6. The van der Waals surface area contributed by atoms with Crippen molar-refractivity contribution >= 4 is 15.7 Å². The SMILES string of the molecule is Cc1ccc(-c2ccc(C(=O)N3CC(S(=O)(=O)Cc4ccco4)C3)cc2)cc1. The van der Waals surface area contributed by atoms with Crippen molar-refractivity contribution < 1.29 is 17.6 Å². The minimum absolute atomic E-state index is 0.127. The van der Waals surface area contributed by atoms with Gasteiger partial charge >= 0.3 is 0 Å². The van der Waals surface area contributed by atoms with Crippen LogP contribution in [-0.2, 0) is 15.6 Å². The number of benzene rings is 2. The highest BCUT2D eigenvalue weighted by Gasteiger charge is 2.40. The number of amides is 1. The maximum atomic E-state index is 12.6. The second-order valence-electron chi connectivity index (χ2n) is 7.16. The van der Waals surface area contributed by atoms with Gasteiger partial charge in [-0.1, -0.05) is 42.0 Å². The third kappa shape index (κ3) is 3.73. The molecule has 4 rings (SSSR count). The molecule has 144 valence electrons. The summed E-state index contributed by atoms with van der Waals surface area (Å²) in [4.78, 5) is 14.2. The van der Waals surface area contributed by atoms with Gasteiger partial charge < -0.3 is 9.32 Å². The second-order valence-corrected chi connectivity index (χ2v) is 9.44. The largest absolute Gasteiger partial charge is 0.468 e. The van der Waals surface area contributed by atoms with Crippen LogP contribution >= 0.6 is 0 Å². The highest BCUT2D eigenvalue weighted by molar-refractivity contribution is 7.91. The van der Waals surface area contributed by atoms with Crippen LogP contribution in [-0.4, -0.2) is 37.6 Å². The van der Waals surface area contributed by atoms with Crippen molar-refractivity contribution in [3.63, 3.8) is 0 Å². The van der Waals surface area contributed by atoms with E-state index in [9.17, 15) is 13.2 Å². The third-order valence-electron chi connectivity index (χ3n) is 5.08. The molecule has 0 atom stereocenters. The van der Waals surface area contributed by atoms with Crippen LogP contribution in [0.3, 0.4) is 0 Å². The molecule has 0 saturated carbocycles. The lowest BCUT2D eigenvalue weighted by molar-refractivity contribution is 0.0659. The maximum Gasteiger partial charge on any atom is 0.253 e. The van der Waals surface area contributed by atoms with E-state index in [2.05, 4.69) is 24.3 Å². The van der Waals surface area contributed by atoms with Crippen LogP contribution in [0, 0.1) is 6.92 Å². The van der Waals surface area contributed by atoms with Gasteiger partial charge in [0, 0.05) is 18.7 Å². The van der Waals surface area contributed by atoms with Gasteiger partial charge in [0.25, 0.3) is 5.91 Å². The van der Waals surface area contributed by atoms with Gasteiger partial charge in [-0.25, -0.2) is 8.42 Å². The smallest absolute Gasteiger partial charge is 0.253 e. The van der Waals surface area contributed by atoms with E-state index in [1.807, 2.05) is 19.1 Å². The fraction of sp³-hybridized carbons (Fsp3) is 0.227. The minimum atomic E-state index is -3.33. The summed E-state index contributed by atoms with van der Waals surface area (Å²) in [6.07, 6.45) is 1.46. The van der Waals surface area contributed by atoms with E-state index < -0.39 is 15.1 Å². The molecule has 1 saturated heterocycles. The molecule has 1 aliphatic heterocycles. The summed E-state index contributed by atoms with van der Waals surface area (Å²) in [5.74, 6) is 0.161. The second kappa shape index (κ2) is 7.28. The molecule has 0 spiro atoms. The van der Waals surface area contributed by atoms with Gasteiger partial charge in [-0.05, 0) is 42.3 Å². The Morgan fingerprint density at radius 1 is 1.00 bits per heavy atom. The number of hydrogen-bond donors (Lipinski definition) is 0. The summed E-state index contributed by atoms with van der Waals surface area (Å²) in [6.45, 7) is 2.49. The summed E-state index contributed by atoms with van der Waals surface area (Å²) in [5.41, 5.74) is 3.90. The Morgan fingerprint density at radius 3 is 2.18 bits per heavy atom. The molecule has 2 aromatic carbocycles. The van der Waals surface area contributed by atoms with Crippen molar-refractivity contribution in [2.24, 2.45) is 0 Å². The number of carbonyl (C=O) groups is 1. The van der Waals surface area contributed by atoms with Gasteiger partial charge in [0.15, 0.2) is 9.84 Å². The van der Waals surface area contributed by atoms with Crippen molar-refractivity contribution in [3.8, 4) is 11.1 Å². The molecule has 5 nitrogen and oxygen atoms in total. The van der Waals surface area contributed by atoms with Crippen LogP contribution in [0.25, 0.3) is 11.1 Å². The van der Waals surface area contributed by atoms with Crippen molar-refractivity contribution in [1.82, 2.24) is 4.90 Å². The summed E-state index contributed by atoms with van der Waals surface area (Å²) in [6, 6.07) is 19.0. The van der Waals surface area contributed by atoms with Crippen molar-refractivity contribution in [2.75, 3.05) is 13.1 Å². The molecule has 2 heterocycles. The summed E-state index contributed by atoms with van der Waals surface area (Å²) in [5, 5.41) is -0.534. The summed E-state index contributed by atoms with van der Waals surface area (Å²) in [7, 11) is -3.33. The Morgan fingerprint density at radius 2 is 1.61 bits per heavy atom. The average molecular weight is 395 g/mol. The van der Waals surface area contributed by atoms with Crippen LogP contribution in [0.5, 0.6) is 0 Å². The molecule has 1 amide bonds. The van der Waals surface area contributed by atoms with Gasteiger partial charge in [0.2, 0.25) is 0 Å². The lowest BCUT2D eigenvalue weighted by Crippen LogP contribution is -2.57. The first-order valence-corrected chi connectivity index (χ1v) is 10.8. The molecule has 6 heteroatoms. The zero-order chi connectivity index (χ0) is 19.7. The quantitative estimate of drug-likeness (QED) is 0.661. The number of furan rings is 1. The predicted molar refractivity (Wildman–Crippen MR) is 108 cm³/mol. The highest BCUT2D eigenvalue weighted by Crippen LogP contribution is 2.24. The Balaban J connectivity index is 1.39. The number of hydrogen-bond acceptors (Lipinski definition) is 4. The van der Waals surface area contributed by atoms with E-state index in [0.717, 1.165) is 11.1 Å². The Kier molecular flexibility index (Phi) is 4.81. The van der Waals surface area contributed by atoms with Gasteiger partial charge in [-0.3, -0.25) is 4.79 Å². The zero-order valence-electron chi connectivity index (χ0n) is 15.5. The number of carbonyl (C=O) groups excluding carboxylic acids is 1. The van der Waals surface area contributed by atoms with Crippen molar-refractivity contribution in [1.29, 1.82) is 0 Å². The summed E-state index contributed by atoms with van der Waals surface area (Å²) < 4.78 is 30.0. The number of nitrogens with zero attached hydrogens (tertiary/aromatic N) is 1. The van der Waals surface area contributed by atoms with Crippen LogP contribution in [0.2, 0.25) is 0 Å². The normalized spacial score (nSPS) is 14.7.